The van der Waals surface area contributed by atoms with Gasteiger partial charge in [0.15, 0.2) is 0 Å². The van der Waals surface area contributed by atoms with Crippen LogP contribution in [0, 0.1) is 10.1 Å². The quantitative estimate of drug-likeness (QED) is 0.363. The van der Waals surface area contributed by atoms with Crippen LogP contribution in [0.1, 0.15) is 24.8 Å². The number of benzene rings is 2. The van der Waals surface area contributed by atoms with Gasteiger partial charge in [-0.05, 0) is 24.1 Å². The van der Waals surface area contributed by atoms with E-state index in [2.05, 4.69) is 0 Å². The Morgan fingerprint density at radius 2 is 1.90 bits per heavy atom. The van der Waals surface area contributed by atoms with Crippen LogP contribution in [0.25, 0.3) is 0 Å². The molecule has 0 aliphatic heterocycles. The highest BCUT2D eigenvalue weighted by Crippen LogP contribution is 2.25. The number of nitro benzene ring substituents is 1. The monoisotopic (exact) mass is 285 g/mol. The highest BCUT2D eigenvalue weighted by molar-refractivity contribution is 5.80. The largest absolute Gasteiger partial charge is 0.426 e. The Balaban J connectivity index is 2.21. The van der Waals surface area contributed by atoms with Crippen LogP contribution in [0.15, 0.2) is 54.6 Å². The SMILES string of the molecule is CCC(C(=O)Oc1ccccc1)c1cccc([N+](=O)[O-])c1. The fraction of sp³-hybridized carbons (Fsp3) is 0.188. The molecule has 108 valence electrons. The zero-order valence-electron chi connectivity index (χ0n) is 11.6. The van der Waals surface area contributed by atoms with E-state index < -0.39 is 16.8 Å². The number of carbonyl (C=O) groups excluding carboxylic acids is 1. The fourth-order valence-corrected chi connectivity index (χ4v) is 2.07. The number of rotatable bonds is 5. The predicted molar refractivity (Wildman–Crippen MR) is 78.2 cm³/mol. The topological polar surface area (TPSA) is 69.4 Å². The molecule has 0 aliphatic carbocycles. The summed E-state index contributed by atoms with van der Waals surface area (Å²) < 4.78 is 5.31. The van der Waals surface area contributed by atoms with Crippen molar-refractivity contribution in [2.45, 2.75) is 19.3 Å². The van der Waals surface area contributed by atoms with Crippen molar-refractivity contribution in [2.24, 2.45) is 0 Å². The van der Waals surface area contributed by atoms with Gasteiger partial charge in [0.05, 0.1) is 10.8 Å². The van der Waals surface area contributed by atoms with Gasteiger partial charge in [-0.15, -0.1) is 0 Å². The molecule has 1 unspecified atom stereocenters. The number of hydrogen-bond donors (Lipinski definition) is 0. The lowest BCUT2D eigenvalue weighted by Gasteiger charge is -2.14. The Bertz CT molecular complexity index is 640. The highest BCUT2D eigenvalue weighted by atomic mass is 16.6. The number of non-ortho nitro benzene ring substituents is 1. The van der Waals surface area contributed by atoms with Gasteiger partial charge in [-0.1, -0.05) is 37.3 Å². The molecule has 2 aromatic rings. The van der Waals surface area contributed by atoms with E-state index in [0.717, 1.165) is 0 Å². The normalized spacial score (nSPS) is 11.7. The molecule has 0 N–H and O–H groups in total. The van der Waals surface area contributed by atoms with Crippen LogP contribution in [-0.4, -0.2) is 10.9 Å². The number of carbonyl (C=O) groups is 1. The molecule has 0 saturated heterocycles. The standard InChI is InChI=1S/C16H15NO4/c1-2-15(12-7-6-8-13(11-12)17(19)20)16(18)21-14-9-4-3-5-10-14/h3-11,15H,2H2,1H3. The summed E-state index contributed by atoms with van der Waals surface area (Å²) in [4.78, 5) is 22.6. The van der Waals surface area contributed by atoms with Crippen molar-refractivity contribution in [3.05, 3.63) is 70.3 Å². The second-order valence-electron chi connectivity index (χ2n) is 4.55. The molecule has 2 aromatic carbocycles. The molecule has 5 nitrogen and oxygen atoms in total. The Kier molecular flexibility index (Phi) is 4.66. The van der Waals surface area contributed by atoms with Gasteiger partial charge in [0.2, 0.25) is 0 Å². The van der Waals surface area contributed by atoms with Gasteiger partial charge < -0.3 is 4.74 Å². The number of para-hydroxylation sites is 1. The second-order valence-corrected chi connectivity index (χ2v) is 4.55. The minimum Gasteiger partial charge on any atom is -0.426 e. The minimum absolute atomic E-state index is 0.0292. The van der Waals surface area contributed by atoms with Crippen LogP contribution in [0.3, 0.4) is 0 Å². The number of ether oxygens (including phenoxy) is 1. The summed E-state index contributed by atoms with van der Waals surface area (Å²) in [5.41, 5.74) is 0.561. The molecular weight excluding hydrogens is 270 g/mol. The Morgan fingerprint density at radius 3 is 2.52 bits per heavy atom. The van der Waals surface area contributed by atoms with Crippen molar-refractivity contribution in [3.63, 3.8) is 0 Å². The van der Waals surface area contributed by atoms with Gasteiger partial charge in [0.25, 0.3) is 5.69 Å². The van der Waals surface area contributed by atoms with Gasteiger partial charge in [-0.3, -0.25) is 14.9 Å². The van der Waals surface area contributed by atoms with E-state index in [9.17, 15) is 14.9 Å². The minimum atomic E-state index is -0.523. The number of esters is 1. The third-order valence-corrected chi connectivity index (χ3v) is 3.14. The van der Waals surface area contributed by atoms with Gasteiger partial charge in [0.1, 0.15) is 5.75 Å². The van der Waals surface area contributed by atoms with Gasteiger partial charge in [-0.2, -0.15) is 0 Å². The molecule has 0 heterocycles. The zero-order valence-corrected chi connectivity index (χ0v) is 11.6. The average molecular weight is 285 g/mol. The van der Waals surface area contributed by atoms with Crippen LogP contribution in [0.4, 0.5) is 5.69 Å². The van der Waals surface area contributed by atoms with E-state index in [1.54, 1.807) is 36.4 Å². The smallest absolute Gasteiger partial charge is 0.318 e. The average Bonchev–Trinajstić information content (AvgIpc) is 2.49. The van der Waals surface area contributed by atoms with E-state index in [1.165, 1.54) is 12.1 Å². The van der Waals surface area contributed by atoms with Crippen LogP contribution in [0.2, 0.25) is 0 Å². The summed E-state index contributed by atoms with van der Waals surface area (Å²) >= 11 is 0. The fourth-order valence-electron chi connectivity index (χ4n) is 2.07. The van der Waals surface area contributed by atoms with Crippen molar-refractivity contribution in [1.82, 2.24) is 0 Å². The Hall–Kier alpha value is -2.69. The third-order valence-electron chi connectivity index (χ3n) is 3.14. The van der Waals surface area contributed by atoms with Gasteiger partial charge in [0, 0.05) is 12.1 Å². The van der Waals surface area contributed by atoms with E-state index in [0.29, 0.717) is 17.7 Å². The van der Waals surface area contributed by atoms with Crippen LogP contribution in [-0.2, 0) is 4.79 Å². The van der Waals surface area contributed by atoms with Gasteiger partial charge in [-0.25, -0.2) is 0 Å². The summed E-state index contributed by atoms with van der Waals surface area (Å²) in [5.74, 6) is -0.472. The molecule has 0 aliphatic rings. The summed E-state index contributed by atoms with van der Waals surface area (Å²) in [5, 5.41) is 10.8. The van der Waals surface area contributed by atoms with E-state index >= 15 is 0 Å². The first-order valence-electron chi connectivity index (χ1n) is 6.63. The molecule has 0 radical (unpaired) electrons. The lowest BCUT2D eigenvalue weighted by molar-refractivity contribution is -0.384. The molecule has 0 bridgehead atoms. The van der Waals surface area contributed by atoms with Crippen molar-refractivity contribution < 1.29 is 14.5 Å². The maximum absolute atomic E-state index is 12.2. The number of nitro groups is 1. The molecule has 0 aromatic heterocycles. The van der Waals surface area contributed by atoms with E-state index in [-0.39, 0.29) is 5.69 Å². The van der Waals surface area contributed by atoms with E-state index in [4.69, 9.17) is 4.74 Å². The van der Waals surface area contributed by atoms with E-state index in [1.807, 2.05) is 13.0 Å². The molecule has 2 rings (SSSR count). The molecule has 5 heteroatoms. The van der Waals surface area contributed by atoms with Gasteiger partial charge >= 0.3 is 5.97 Å². The third kappa shape index (κ3) is 3.66. The molecule has 21 heavy (non-hydrogen) atoms. The number of nitrogens with zero attached hydrogens (tertiary/aromatic N) is 1. The summed E-state index contributed by atoms with van der Waals surface area (Å²) in [6, 6.07) is 14.9. The first-order valence-corrected chi connectivity index (χ1v) is 6.63. The molecular formula is C16H15NO4. The molecule has 0 fully saturated rings. The maximum Gasteiger partial charge on any atom is 0.318 e. The molecule has 0 amide bonds. The maximum atomic E-state index is 12.2. The summed E-state index contributed by atoms with van der Waals surface area (Å²) in [6.45, 7) is 1.84. The number of hydrogen-bond acceptors (Lipinski definition) is 4. The van der Waals surface area contributed by atoms with Crippen molar-refractivity contribution >= 4 is 11.7 Å². The summed E-state index contributed by atoms with van der Waals surface area (Å²) in [6.07, 6.45) is 0.507. The summed E-state index contributed by atoms with van der Waals surface area (Å²) in [7, 11) is 0. The van der Waals surface area contributed by atoms with Crippen LogP contribution in [0.5, 0.6) is 5.75 Å². The zero-order chi connectivity index (χ0) is 15.2. The Morgan fingerprint density at radius 1 is 1.19 bits per heavy atom. The second kappa shape index (κ2) is 6.65. The molecule has 0 spiro atoms. The highest BCUT2D eigenvalue weighted by Gasteiger charge is 2.22. The lowest BCUT2D eigenvalue weighted by atomic mass is 9.96. The Labute approximate surface area is 122 Å². The van der Waals surface area contributed by atoms with Crippen LogP contribution >= 0.6 is 0 Å². The first kappa shape index (κ1) is 14.7. The van der Waals surface area contributed by atoms with Crippen molar-refractivity contribution in [1.29, 1.82) is 0 Å². The molecule has 1 atom stereocenters. The lowest BCUT2D eigenvalue weighted by Crippen LogP contribution is -2.18. The van der Waals surface area contributed by atoms with Crippen molar-refractivity contribution in [3.8, 4) is 5.75 Å². The van der Waals surface area contributed by atoms with Crippen LogP contribution < -0.4 is 4.74 Å². The first-order chi connectivity index (χ1) is 10.1. The molecule has 0 saturated carbocycles. The van der Waals surface area contributed by atoms with Crippen molar-refractivity contribution in [2.75, 3.05) is 0 Å². The predicted octanol–water partition coefficient (Wildman–Crippen LogP) is 3.69.